The van der Waals surface area contributed by atoms with Crippen molar-refractivity contribution >= 4 is 55.5 Å². The zero-order chi connectivity index (χ0) is 25.3. The normalized spacial score (nSPS) is 22.9. The molecule has 2 heterocycles. The smallest absolute Gasteiger partial charge is 0.374 e. The number of aromatic nitrogens is 2. The van der Waals surface area contributed by atoms with Gasteiger partial charge in [0.25, 0.3) is 15.9 Å². The summed E-state index contributed by atoms with van der Waals surface area (Å²) in [6.07, 6.45) is -5.95. The minimum absolute atomic E-state index is 0.0408. The average Bonchev–Trinajstić information content (AvgIpc) is 3.21. The van der Waals surface area contributed by atoms with Gasteiger partial charge in [-0.3, -0.25) is 14.5 Å². The van der Waals surface area contributed by atoms with Gasteiger partial charge in [0, 0.05) is 17.1 Å². The number of rotatable bonds is 4. The molecule has 9 nitrogen and oxygen atoms in total. The van der Waals surface area contributed by atoms with Crippen molar-refractivity contribution in [3.05, 3.63) is 40.6 Å². The standard InChI is InChI=1S/C19H17ClF3N5O4S2/c1-17(2)7-11-13(12(29)8-17)18(19(21,22)23,27-34(31,32)16-26-25-15(24)33-16)14(30)28(11)10-5-3-4-9(20)6-10/h3-6,27H,7-8H2,1-2H3,(H2,24,25). The number of amides is 1. The Morgan fingerprint density at radius 1 is 1.21 bits per heavy atom. The molecule has 4 rings (SSSR count). The van der Waals surface area contributed by atoms with Gasteiger partial charge >= 0.3 is 6.18 Å². The largest absolute Gasteiger partial charge is 0.421 e. The van der Waals surface area contributed by atoms with Crippen molar-refractivity contribution in [3.63, 3.8) is 0 Å². The summed E-state index contributed by atoms with van der Waals surface area (Å²) < 4.78 is 70.8. The summed E-state index contributed by atoms with van der Waals surface area (Å²) in [6.45, 7) is 3.33. The lowest BCUT2D eigenvalue weighted by Crippen LogP contribution is -2.66. The Kier molecular flexibility index (Phi) is 5.59. The van der Waals surface area contributed by atoms with Crippen LogP contribution < -0.4 is 15.4 Å². The molecule has 0 fully saturated rings. The number of benzene rings is 1. The number of allylic oxidation sites excluding steroid dienone is 1. The maximum absolute atomic E-state index is 14.8. The minimum atomic E-state index is -5.53. The second kappa shape index (κ2) is 7.73. The van der Waals surface area contributed by atoms with Crippen molar-refractivity contribution < 1.29 is 31.2 Å². The van der Waals surface area contributed by atoms with Gasteiger partial charge in [-0.25, -0.2) is 8.42 Å². The molecule has 182 valence electrons. The van der Waals surface area contributed by atoms with Crippen LogP contribution in [0.1, 0.15) is 26.7 Å². The van der Waals surface area contributed by atoms with E-state index >= 15 is 0 Å². The number of nitrogens with two attached hydrogens (primary N) is 1. The van der Waals surface area contributed by atoms with Gasteiger partial charge in [0.1, 0.15) is 0 Å². The monoisotopic (exact) mass is 535 g/mol. The molecule has 1 aromatic carbocycles. The third kappa shape index (κ3) is 3.78. The van der Waals surface area contributed by atoms with E-state index in [4.69, 9.17) is 17.3 Å². The number of alkyl halides is 3. The fraction of sp³-hybridized carbons (Fsp3) is 0.368. The molecule has 1 unspecified atom stereocenters. The zero-order valence-corrected chi connectivity index (χ0v) is 20.0. The van der Waals surface area contributed by atoms with Crippen LogP contribution in [0.2, 0.25) is 5.02 Å². The number of Topliss-reactive ketones (excluding diaryl/α,β-unsaturated/α-hetero) is 1. The Labute approximate surface area is 200 Å². The predicted octanol–water partition coefficient (Wildman–Crippen LogP) is 3.04. The topological polar surface area (TPSA) is 135 Å². The van der Waals surface area contributed by atoms with Crippen LogP contribution in [0, 0.1) is 5.41 Å². The lowest BCUT2D eigenvalue weighted by molar-refractivity contribution is -0.184. The number of nitrogens with one attached hydrogen (secondary N) is 1. The Bertz CT molecular complexity index is 1360. The number of nitrogens with zero attached hydrogens (tertiary/aromatic N) is 3. The number of anilines is 2. The highest BCUT2D eigenvalue weighted by Gasteiger charge is 2.72. The molecule has 0 saturated heterocycles. The van der Waals surface area contributed by atoms with Gasteiger partial charge in [-0.15, -0.1) is 10.2 Å². The Balaban J connectivity index is 2.00. The molecular formula is C19H17ClF3N5O4S2. The first-order valence-electron chi connectivity index (χ1n) is 9.66. The molecule has 1 aliphatic heterocycles. The highest BCUT2D eigenvalue weighted by molar-refractivity contribution is 7.91. The maximum Gasteiger partial charge on any atom is 0.421 e. The van der Waals surface area contributed by atoms with E-state index < -0.39 is 48.8 Å². The maximum atomic E-state index is 14.8. The van der Waals surface area contributed by atoms with E-state index in [1.807, 2.05) is 0 Å². The number of halogens is 4. The number of sulfonamides is 1. The van der Waals surface area contributed by atoms with Crippen molar-refractivity contribution in [2.24, 2.45) is 5.41 Å². The summed E-state index contributed by atoms with van der Waals surface area (Å²) in [5, 5.41) is 6.41. The van der Waals surface area contributed by atoms with Crippen molar-refractivity contribution in [2.75, 3.05) is 10.6 Å². The van der Waals surface area contributed by atoms with Crippen molar-refractivity contribution in [3.8, 4) is 0 Å². The van der Waals surface area contributed by atoms with E-state index in [1.54, 1.807) is 13.8 Å². The molecule has 0 bridgehead atoms. The summed E-state index contributed by atoms with van der Waals surface area (Å²) in [4.78, 5) is 27.4. The van der Waals surface area contributed by atoms with E-state index in [0.29, 0.717) is 16.2 Å². The van der Waals surface area contributed by atoms with Gasteiger partial charge in [-0.2, -0.15) is 17.9 Å². The lowest BCUT2D eigenvalue weighted by Gasteiger charge is -2.35. The fourth-order valence-corrected chi connectivity index (χ4v) is 6.47. The molecule has 2 aromatic rings. The van der Waals surface area contributed by atoms with Gasteiger partial charge in [-0.05, 0) is 30.0 Å². The molecule has 3 N–H and O–H groups in total. The summed E-state index contributed by atoms with van der Waals surface area (Å²) in [5.41, 5.74) is -0.542. The van der Waals surface area contributed by atoms with Gasteiger partial charge in [0.05, 0.1) is 11.3 Å². The predicted molar refractivity (Wildman–Crippen MR) is 117 cm³/mol. The summed E-state index contributed by atoms with van der Waals surface area (Å²) >= 11 is 6.31. The first kappa shape index (κ1) is 24.6. The molecule has 0 saturated carbocycles. The number of ketones is 1. The molecule has 1 aliphatic carbocycles. The van der Waals surface area contributed by atoms with Crippen LogP contribution in [-0.2, 0) is 19.6 Å². The molecule has 0 spiro atoms. The van der Waals surface area contributed by atoms with Crippen LogP contribution in [0.25, 0.3) is 0 Å². The van der Waals surface area contributed by atoms with Crippen LogP contribution >= 0.6 is 22.9 Å². The number of hydrogen-bond donors (Lipinski definition) is 2. The van der Waals surface area contributed by atoms with E-state index in [0.717, 1.165) is 0 Å². The molecule has 1 atom stereocenters. The van der Waals surface area contributed by atoms with Gasteiger partial charge in [-0.1, -0.05) is 42.9 Å². The van der Waals surface area contributed by atoms with E-state index in [1.165, 1.54) is 29.0 Å². The average molecular weight is 536 g/mol. The first-order chi connectivity index (χ1) is 15.6. The molecule has 2 aliphatic rings. The summed E-state index contributed by atoms with van der Waals surface area (Å²) in [7, 11) is -5.08. The van der Waals surface area contributed by atoms with Crippen LogP contribution in [0.15, 0.2) is 39.9 Å². The molecule has 34 heavy (non-hydrogen) atoms. The first-order valence-corrected chi connectivity index (χ1v) is 12.3. The van der Waals surface area contributed by atoms with Crippen molar-refractivity contribution in [1.29, 1.82) is 0 Å². The number of hydrogen-bond acceptors (Lipinski definition) is 8. The third-order valence-electron chi connectivity index (χ3n) is 5.45. The molecule has 0 radical (unpaired) electrons. The number of nitrogen functional groups attached to an aromatic ring is 1. The Morgan fingerprint density at radius 3 is 2.44 bits per heavy atom. The van der Waals surface area contributed by atoms with E-state index in [-0.39, 0.29) is 34.4 Å². The molecule has 1 amide bonds. The van der Waals surface area contributed by atoms with Gasteiger partial charge in [0.15, 0.2) is 5.78 Å². The molecule has 1 aromatic heterocycles. The van der Waals surface area contributed by atoms with Crippen molar-refractivity contribution in [2.45, 2.75) is 42.7 Å². The highest BCUT2D eigenvalue weighted by Crippen LogP contribution is 2.53. The fourth-order valence-electron chi connectivity index (χ4n) is 4.18. The summed E-state index contributed by atoms with van der Waals surface area (Å²) in [5.74, 6) is -2.69. The molecule has 15 heteroatoms. The number of carbonyl (C=O) groups excluding carboxylic acids is 2. The van der Waals surface area contributed by atoms with Gasteiger partial charge in [0.2, 0.25) is 15.0 Å². The quantitative estimate of drug-likeness (QED) is 0.614. The van der Waals surface area contributed by atoms with Crippen LogP contribution in [0.5, 0.6) is 0 Å². The SMILES string of the molecule is CC1(C)CC(=O)C2=C(C1)N(c1cccc(Cl)c1)C(=O)C2(NS(=O)(=O)c1nnc(N)s1)C(F)(F)F. The molecular weight excluding hydrogens is 519 g/mol. The number of carbonyl (C=O) groups is 2. The van der Waals surface area contributed by atoms with Crippen molar-refractivity contribution in [1.82, 2.24) is 14.9 Å². The highest BCUT2D eigenvalue weighted by atomic mass is 35.5. The Morgan fingerprint density at radius 2 is 1.88 bits per heavy atom. The second-order valence-corrected chi connectivity index (χ2v) is 11.9. The van der Waals surface area contributed by atoms with Gasteiger partial charge < -0.3 is 5.73 Å². The van der Waals surface area contributed by atoms with Crippen LogP contribution in [0.4, 0.5) is 24.0 Å². The minimum Gasteiger partial charge on any atom is -0.374 e. The zero-order valence-electron chi connectivity index (χ0n) is 17.6. The van der Waals surface area contributed by atoms with E-state index in [9.17, 15) is 31.2 Å². The third-order valence-corrected chi connectivity index (χ3v) is 8.26. The summed E-state index contributed by atoms with van der Waals surface area (Å²) in [6, 6.07) is 5.47. The lowest BCUT2D eigenvalue weighted by atomic mass is 9.72. The Hall–Kier alpha value is -2.55. The van der Waals surface area contributed by atoms with E-state index in [2.05, 4.69) is 10.2 Å². The second-order valence-electron chi connectivity index (χ2n) is 8.64. The van der Waals surface area contributed by atoms with Crippen LogP contribution in [-0.4, -0.2) is 42.0 Å². The van der Waals surface area contributed by atoms with Crippen LogP contribution in [0.3, 0.4) is 0 Å².